The molecule has 5 heteroatoms. The number of hydrogen-bond donors (Lipinski definition) is 0. The van der Waals surface area contributed by atoms with Crippen LogP contribution in [0, 0.1) is 18.6 Å². The standard InChI is InChI=1S/C15H10F2N2S/c1-9-11-4-2-3-5-12(11)15(19-18-9)20-14-7-6-10(16)8-13(14)17/h2-8H,1H3. The van der Waals surface area contributed by atoms with Gasteiger partial charge in [0.25, 0.3) is 0 Å². The minimum Gasteiger partial charge on any atom is -0.207 e. The van der Waals surface area contributed by atoms with Crippen LogP contribution < -0.4 is 0 Å². The molecule has 2 nitrogen and oxygen atoms in total. The molecular weight excluding hydrogens is 278 g/mol. The van der Waals surface area contributed by atoms with Crippen LogP contribution in [0.15, 0.2) is 52.4 Å². The molecule has 0 amide bonds. The van der Waals surface area contributed by atoms with Crippen LogP contribution in [0.3, 0.4) is 0 Å². The van der Waals surface area contributed by atoms with Crippen molar-refractivity contribution in [2.45, 2.75) is 16.8 Å². The fourth-order valence-corrected chi connectivity index (χ4v) is 2.82. The van der Waals surface area contributed by atoms with Crippen LogP contribution in [-0.4, -0.2) is 10.2 Å². The van der Waals surface area contributed by atoms with Gasteiger partial charge in [0.15, 0.2) is 0 Å². The molecule has 0 atom stereocenters. The Bertz CT molecular complexity index is 790. The van der Waals surface area contributed by atoms with Crippen molar-refractivity contribution in [2.24, 2.45) is 0 Å². The normalized spacial score (nSPS) is 10.9. The molecule has 0 aliphatic rings. The lowest BCUT2D eigenvalue weighted by Crippen LogP contribution is -1.93. The first kappa shape index (κ1) is 13.0. The van der Waals surface area contributed by atoms with Gasteiger partial charge in [-0.15, -0.1) is 5.10 Å². The maximum atomic E-state index is 13.7. The summed E-state index contributed by atoms with van der Waals surface area (Å²) in [5.41, 5.74) is 0.824. The van der Waals surface area contributed by atoms with E-state index >= 15 is 0 Å². The van der Waals surface area contributed by atoms with E-state index in [1.807, 2.05) is 31.2 Å². The molecule has 2 aromatic carbocycles. The summed E-state index contributed by atoms with van der Waals surface area (Å²) in [7, 11) is 0. The number of fused-ring (bicyclic) bond motifs is 1. The Morgan fingerprint density at radius 3 is 2.45 bits per heavy atom. The van der Waals surface area contributed by atoms with E-state index in [9.17, 15) is 8.78 Å². The van der Waals surface area contributed by atoms with Crippen molar-refractivity contribution in [1.82, 2.24) is 10.2 Å². The first-order valence-electron chi connectivity index (χ1n) is 6.00. The molecule has 3 aromatic rings. The van der Waals surface area contributed by atoms with Gasteiger partial charge in [-0.25, -0.2) is 8.78 Å². The van der Waals surface area contributed by atoms with Crippen molar-refractivity contribution in [2.75, 3.05) is 0 Å². The van der Waals surface area contributed by atoms with Crippen LogP contribution in [0.2, 0.25) is 0 Å². The zero-order valence-corrected chi connectivity index (χ0v) is 11.4. The zero-order chi connectivity index (χ0) is 14.1. The van der Waals surface area contributed by atoms with E-state index in [-0.39, 0.29) is 0 Å². The Balaban J connectivity index is 2.09. The molecule has 0 aliphatic carbocycles. The van der Waals surface area contributed by atoms with Gasteiger partial charge in [-0.1, -0.05) is 36.0 Å². The molecule has 0 saturated carbocycles. The van der Waals surface area contributed by atoms with E-state index in [1.54, 1.807) is 0 Å². The predicted octanol–water partition coefficient (Wildman–Crippen LogP) is 4.37. The molecule has 0 saturated heterocycles. The van der Waals surface area contributed by atoms with E-state index in [0.29, 0.717) is 9.92 Å². The highest BCUT2D eigenvalue weighted by molar-refractivity contribution is 7.99. The minimum absolute atomic E-state index is 0.328. The van der Waals surface area contributed by atoms with Gasteiger partial charge < -0.3 is 0 Å². The predicted molar refractivity (Wildman–Crippen MR) is 74.8 cm³/mol. The largest absolute Gasteiger partial charge is 0.207 e. The molecule has 0 N–H and O–H groups in total. The third kappa shape index (κ3) is 2.36. The molecule has 100 valence electrons. The van der Waals surface area contributed by atoms with Gasteiger partial charge in [-0.05, 0) is 19.1 Å². The average molecular weight is 288 g/mol. The van der Waals surface area contributed by atoms with Gasteiger partial charge in [0.1, 0.15) is 16.7 Å². The van der Waals surface area contributed by atoms with Crippen LogP contribution >= 0.6 is 11.8 Å². The molecule has 0 aliphatic heterocycles. The third-order valence-corrected chi connectivity index (χ3v) is 3.98. The number of nitrogens with zero attached hydrogens (tertiary/aromatic N) is 2. The highest BCUT2D eigenvalue weighted by Gasteiger charge is 2.11. The second-order valence-corrected chi connectivity index (χ2v) is 5.34. The lowest BCUT2D eigenvalue weighted by molar-refractivity contribution is 0.565. The summed E-state index contributed by atoms with van der Waals surface area (Å²) in [6.07, 6.45) is 0. The van der Waals surface area contributed by atoms with Crippen LogP contribution in [0.25, 0.3) is 10.8 Å². The first-order valence-corrected chi connectivity index (χ1v) is 6.82. The highest BCUT2D eigenvalue weighted by atomic mass is 32.2. The minimum atomic E-state index is -0.596. The van der Waals surface area contributed by atoms with Crippen molar-refractivity contribution in [3.8, 4) is 0 Å². The van der Waals surface area contributed by atoms with E-state index in [2.05, 4.69) is 10.2 Å². The second kappa shape index (κ2) is 5.17. The molecule has 1 heterocycles. The highest BCUT2D eigenvalue weighted by Crippen LogP contribution is 2.33. The van der Waals surface area contributed by atoms with Crippen molar-refractivity contribution in [1.29, 1.82) is 0 Å². The molecule has 0 unspecified atom stereocenters. The Morgan fingerprint density at radius 2 is 1.70 bits per heavy atom. The number of aromatic nitrogens is 2. The van der Waals surface area contributed by atoms with E-state index < -0.39 is 11.6 Å². The maximum absolute atomic E-state index is 13.7. The Kier molecular flexibility index (Phi) is 3.36. The summed E-state index contributed by atoms with van der Waals surface area (Å²) < 4.78 is 26.6. The number of rotatable bonds is 2. The van der Waals surface area contributed by atoms with Crippen molar-refractivity contribution < 1.29 is 8.78 Å². The van der Waals surface area contributed by atoms with Crippen LogP contribution in [0.5, 0.6) is 0 Å². The van der Waals surface area contributed by atoms with Gasteiger partial charge in [0, 0.05) is 21.7 Å². The molecule has 3 rings (SSSR count). The maximum Gasteiger partial charge on any atom is 0.140 e. The molecule has 0 fully saturated rings. The second-order valence-electron chi connectivity index (χ2n) is 4.31. The van der Waals surface area contributed by atoms with Gasteiger partial charge in [0.2, 0.25) is 0 Å². The molecular formula is C15H10F2N2S. The number of halogens is 2. The molecule has 1 aromatic heterocycles. The summed E-state index contributed by atoms with van der Waals surface area (Å²) in [6.45, 7) is 1.88. The summed E-state index contributed by atoms with van der Waals surface area (Å²) in [5, 5.41) is 10.7. The average Bonchev–Trinajstić information content (AvgIpc) is 2.45. The monoisotopic (exact) mass is 288 g/mol. The van der Waals surface area contributed by atoms with Crippen LogP contribution in [0.1, 0.15) is 5.69 Å². The van der Waals surface area contributed by atoms with Gasteiger partial charge in [-0.2, -0.15) is 5.10 Å². The summed E-state index contributed by atoms with van der Waals surface area (Å²) in [6, 6.07) is 11.2. The summed E-state index contributed by atoms with van der Waals surface area (Å²) >= 11 is 1.15. The molecule has 0 radical (unpaired) electrons. The van der Waals surface area contributed by atoms with E-state index in [4.69, 9.17) is 0 Å². The van der Waals surface area contributed by atoms with Gasteiger partial charge in [-0.3, -0.25) is 0 Å². The van der Waals surface area contributed by atoms with Crippen molar-refractivity contribution >= 4 is 22.5 Å². The SMILES string of the molecule is Cc1nnc(Sc2ccc(F)cc2F)c2ccccc12. The third-order valence-electron chi connectivity index (χ3n) is 2.94. The van der Waals surface area contributed by atoms with Crippen molar-refractivity contribution in [3.63, 3.8) is 0 Å². The number of aryl methyl sites for hydroxylation is 1. The number of benzene rings is 2. The van der Waals surface area contributed by atoms with Gasteiger partial charge in [0.05, 0.1) is 5.69 Å². The van der Waals surface area contributed by atoms with E-state index in [1.165, 1.54) is 12.1 Å². The lowest BCUT2D eigenvalue weighted by Gasteiger charge is -2.07. The fraction of sp³-hybridized carbons (Fsp3) is 0.0667. The molecule has 0 bridgehead atoms. The fourth-order valence-electron chi connectivity index (χ4n) is 1.95. The summed E-state index contributed by atoms with van der Waals surface area (Å²) in [5.74, 6) is -1.19. The van der Waals surface area contributed by atoms with Crippen molar-refractivity contribution in [3.05, 3.63) is 59.8 Å². The van der Waals surface area contributed by atoms with Crippen LogP contribution in [-0.2, 0) is 0 Å². The quantitative estimate of drug-likeness (QED) is 0.700. The topological polar surface area (TPSA) is 25.8 Å². The smallest absolute Gasteiger partial charge is 0.140 e. The Hall–Kier alpha value is -2.01. The first-order chi connectivity index (χ1) is 9.65. The van der Waals surface area contributed by atoms with E-state index in [0.717, 1.165) is 34.3 Å². The Labute approximate surface area is 118 Å². The Morgan fingerprint density at radius 1 is 0.950 bits per heavy atom. The van der Waals surface area contributed by atoms with Gasteiger partial charge >= 0.3 is 0 Å². The zero-order valence-electron chi connectivity index (χ0n) is 10.6. The lowest BCUT2D eigenvalue weighted by atomic mass is 10.1. The number of hydrogen-bond acceptors (Lipinski definition) is 3. The van der Waals surface area contributed by atoms with Crippen LogP contribution in [0.4, 0.5) is 8.78 Å². The summed E-state index contributed by atoms with van der Waals surface area (Å²) in [4.78, 5) is 0.328. The molecule has 0 spiro atoms. The molecule has 20 heavy (non-hydrogen) atoms.